The largest absolute Gasteiger partial charge is 0.481 e. The number of hydrogen-bond donors (Lipinski definition) is 1. The van der Waals surface area contributed by atoms with Gasteiger partial charge in [0.25, 0.3) is 0 Å². The van der Waals surface area contributed by atoms with Gasteiger partial charge >= 0.3 is 6.09 Å². The van der Waals surface area contributed by atoms with Crippen molar-refractivity contribution in [2.24, 2.45) is 0 Å². The molecule has 32 heavy (non-hydrogen) atoms. The fraction of sp³-hybridized carbons (Fsp3) is 0.455. The lowest BCUT2D eigenvalue weighted by Gasteiger charge is -2.29. The minimum absolute atomic E-state index is 0.0179. The summed E-state index contributed by atoms with van der Waals surface area (Å²) in [6, 6.07) is 5.17. The summed E-state index contributed by atoms with van der Waals surface area (Å²) in [5, 5.41) is 3.37. The number of rotatable bonds is 6. The van der Waals surface area contributed by atoms with Gasteiger partial charge in [0.2, 0.25) is 11.8 Å². The fourth-order valence-corrected chi connectivity index (χ4v) is 3.72. The second-order valence-electron chi connectivity index (χ2n) is 8.49. The molecule has 3 heterocycles. The van der Waals surface area contributed by atoms with E-state index >= 15 is 0 Å². The first-order valence-electron chi connectivity index (χ1n) is 10.2. The number of nitrogens with one attached hydrogen (secondary N) is 1. The van der Waals surface area contributed by atoms with E-state index in [0.29, 0.717) is 47.1 Å². The van der Waals surface area contributed by atoms with Crippen molar-refractivity contribution in [2.45, 2.75) is 51.8 Å². The number of carbonyl (C=O) groups excluding carboxylic acids is 2. The highest BCUT2D eigenvalue weighted by Gasteiger charge is 2.29. The van der Waals surface area contributed by atoms with Gasteiger partial charge in [0.1, 0.15) is 10.8 Å². The zero-order chi connectivity index (χ0) is 23.5. The highest BCUT2D eigenvalue weighted by Crippen LogP contribution is 2.33. The van der Waals surface area contributed by atoms with Crippen molar-refractivity contribution >= 4 is 35.2 Å². The first-order valence-corrected chi connectivity index (χ1v) is 10.9. The Labute approximate surface area is 197 Å². The van der Waals surface area contributed by atoms with Gasteiger partial charge in [0, 0.05) is 36.3 Å². The van der Waals surface area contributed by atoms with Gasteiger partial charge in [-0.1, -0.05) is 23.2 Å². The first-order chi connectivity index (χ1) is 15.1. The molecule has 10 heteroatoms. The average Bonchev–Trinajstić information content (AvgIpc) is 3.13. The van der Waals surface area contributed by atoms with E-state index in [1.54, 1.807) is 44.0 Å². The van der Waals surface area contributed by atoms with Crippen LogP contribution in [0.4, 0.5) is 4.79 Å². The van der Waals surface area contributed by atoms with Crippen LogP contribution in [0.15, 0.2) is 24.4 Å². The van der Waals surface area contributed by atoms with Crippen molar-refractivity contribution in [1.29, 1.82) is 0 Å². The van der Waals surface area contributed by atoms with Gasteiger partial charge in [0.05, 0.1) is 24.4 Å². The number of methoxy groups -OCH3 is 1. The molecule has 8 nitrogen and oxygen atoms in total. The molecule has 2 amide bonds. The maximum atomic E-state index is 12.9. The molecule has 1 atom stereocenters. The molecule has 0 spiro atoms. The Morgan fingerprint density at radius 2 is 2.03 bits per heavy atom. The van der Waals surface area contributed by atoms with Gasteiger partial charge < -0.3 is 19.7 Å². The molecule has 1 fully saturated rings. The molecule has 1 N–H and O–H groups in total. The van der Waals surface area contributed by atoms with Gasteiger partial charge in [-0.15, -0.1) is 0 Å². The molecular weight excluding hydrogens is 455 g/mol. The number of pyridine rings is 2. The summed E-state index contributed by atoms with van der Waals surface area (Å²) in [5.41, 5.74) is 1.21. The van der Waals surface area contributed by atoms with Gasteiger partial charge in [-0.25, -0.2) is 14.8 Å². The van der Waals surface area contributed by atoms with Crippen LogP contribution in [0.2, 0.25) is 10.2 Å². The monoisotopic (exact) mass is 480 g/mol. The fourth-order valence-electron chi connectivity index (χ4n) is 3.35. The van der Waals surface area contributed by atoms with Crippen LogP contribution in [0.1, 0.15) is 39.2 Å². The number of amides is 2. The molecule has 3 rings (SSSR count). The van der Waals surface area contributed by atoms with E-state index in [4.69, 9.17) is 32.7 Å². The molecule has 0 bridgehead atoms. The van der Waals surface area contributed by atoms with Crippen molar-refractivity contribution < 1.29 is 19.1 Å². The van der Waals surface area contributed by atoms with Gasteiger partial charge in [-0.3, -0.25) is 4.79 Å². The second kappa shape index (κ2) is 9.92. The number of ether oxygens (including phenoxy) is 2. The zero-order valence-electron chi connectivity index (χ0n) is 18.4. The van der Waals surface area contributed by atoms with Crippen LogP contribution in [-0.4, -0.2) is 52.2 Å². The van der Waals surface area contributed by atoms with Crippen LogP contribution >= 0.6 is 23.2 Å². The quantitative estimate of drug-likeness (QED) is 0.612. The van der Waals surface area contributed by atoms with E-state index in [1.165, 1.54) is 7.11 Å². The standard InChI is InChI=1S/C22H26Cl2N4O4/c1-22(2,3)32-21(30)28(12-14-6-8-17(29)26-14)11-13-5-7-16(27-20(13)31-4)15-9-10-25-19(24)18(15)23/h5,7,9-10,14H,6,8,11-12H2,1-4H3,(H,26,29)/t14-/m0/s1. The Kier molecular flexibility index (Phi) is 7.46. The third kappa shape index (κ3) is 6.01. The molecule has 0 radical (unpaired) electrons. The van der Waals surface area contributed by atoms with Crippen molar-refractivity contribution in [3.63, 3.8) is 0 Å². The van der Waals surface area contributed by atoms with E-state index in [-0.39, 0.29) is 23.6 Å². The number of halogens is 2. The Morgan fingerprint density at radius 1 is 1.28 bits per heavy atom. The lowest BCUT2D eigenvalue weighted by atomic mass is 10.1. The van der Waals surface area contributed by atoms with E-state index in [2.05, 4.69) is 15.3 Å². The molecule has 2 aromatic heterocycles. The maximum Gasteiger partial charge on any atom is 0.410 e. The maximum absolute atomic E-state index is 12.9. The average molecular weight is 481 g/mol. The molecule has 1 saturated heterocycles. The zero-order valence-corrected chi connectivity index (χ0v) is 20.0. The van der Waals surface area contributed by atoms with Crippen molar-refractivity contribution in [2.75, 3.05) is 13.7 Å². The summed E-state index contributed by atoms with van der Waals surface area (Å²) < 4.78 is 11.1. The Balaban J connectivity index is 1.88. The summed E-state index contributed by atoms with van der Waals surface area (Å²) in [4.78, 5) is 34.6. The van der Waals surface area contributed by atoms with E-state index in [0.717, 1.165) is 0 Å². The van der Waals surface area contributed by atoms with Crippen LogP contribution in [0.25, 0.3) is 11.3 Å². The SMILES string of the molecule is COc1nc(-c2ccnc(Cl)c2Cl)ccc1CN(C[C@@H]1CCC(=O)N1)C(=O)OC(C)(C)C. The summed E-state index contributed by atoms with van der Waals surface area (Å²) in [6.45, 7) is 5.93. The summed E-state index contributed by atoms with van der Waals surface area (Å²) >= 11 is 12.3. The minimum atomic E-state index is -0.655. The van der Waals surface area contributed by atoms with Crippen molar-refractivity contribution in [3.05, 3.63) is 40.1 Å². The van der Waals surface area contributed by atoms with Crippen LogP contribution < -0.4 is 10.1 Å². The predicted octanol–water partition coefficient (Wildman–Crippen LogP) is 4.47. The lowest BCUT2D eigenvalue weighted by Crippen LogP contribution is -2.43. The van der Waals surface area contributed by atoms with Crippen molar-refractivity contribution in [3.8, 4) is 17.1 Å². The summed E-state index contributed by atoms with van der Waals surface area (Å²) in [7, 11) is 1.51. The Hall–Kier alpha value is -2.58. The van der Waals surface area contributed by atoms with Crippen LogP contribution in [0, 0.1) is 0 Å². The van der Waals surface area contributed by atoms with E-state index < -0.39 is 11.7 Å². The third-order valence-electron chi connectivity index (χ3n) is 4.79. The number of carbonyl (C=O) groups is 2. The van der Waals surface area contributed by atoms with Gasteiger partial charge in [0.15, 0.2) is 0 Å². The first kappa shape index (κ1) is 24.1. The second-order valence-corrected chi connectivity index (χ2v) is 9.23. The molecule has 1 aliphatic heterocycles. The van der Waals surface area contributed by atoms with Crippen LogP contribution in [0.3, 0.4) is 0 Å². The van der Waals surface area contributed by atoms with E-state index in [9.17, 15) is 9.59 Å². The van der Waals surface area contributed by atoms with E-state index in [1.807, 2.05) is 6.07 Å². The molecule has 2 aromatic rings. The van der Waals surface area contributed by atoms with Crippen LogP contribution in [-0.2, 0) is 16.1 Å². The van der Waals surface area contributed by atoms with Crippen molar-refractivity contribution in [1.82, 2.24) is 20.2 Å². The highest BCUT2D eigenvalue weighted by molar-refractivity contribution is 6.42. The molecule has 0 aromatic carbocycles. The normalized spacial score (nSPS) is 15.9. The molecular formula is C22H26Cl2N4O4. The minimum Gasteiger partial charge on any atom is -0.481 e. The Morgan fingerprint density at radius 3 is 2.66 bits per heavy atom. The molecule has 1 aliphatic rings. The molecule has 0 aliphatic carbocycles. The lowest BCUT2D eigenvalue weighted by molar-refractivity contribution is -0.119. The molecule has 0 saturated carbocycles. The Bertz CT molecular complexity index is 1010. The summed E-state index contributed by atoms with van der Waals surface area (Å²) in [5.74, 6) is 0.325. The topological polar surface area (TPSA) is 93.7 Å². The number of aromatic nitrogens is 2. The highest BCUT2D eigenvalue weighted by atomic mass is 35.5. The smallest absolute Gasteiger partial charge is 0.410 e. The molecule has 172 valence electrons. The number of nitrogens with zero attached hydrogens (tertiary/aromatic N) is 3. The summed E-state index contributed by atoms with van der Waals surface area (Å²) in [6.07, 6.45) is 2.18. The third-order valence-corrected chi connectivity index (χ3v) is 5.56. The van der Waals surface area contributed by atoms with Gasteiger partial charge in [-0.2, -0.15) is 0 Å². The van der Waals surface area contributed by atoms with Crippen LogP contribution in [0.5, 0.6) is 5.88 Å². The number of hydrogen-bond acceptors (Lipinski definition) is 6. The molecule has 0 unspecified atom stereocenters. The predicted molar refractivity (Wildman–Crippen MR) is 122 cm³/mol. The van der Waals surface area contributed by atoms with Gasteiger partial charge in [-0.05, 0) is 45.4 Å².